The van der Waals surface area contributed by atoms with Crippen LogP contribution in [0.15, 0.2) is 23.8 Å². The highest BCUT2D eigenvalue weighted by molar-refractivity contribution is 8.55. The summed E-state index contributed by atoms with van der Waals surface area (Å²) in [4.78, 5) is 49.5. The number of hydrogen-bond donors (Lipinski definition) is 3. The van der Waals surface area contributed by atoms with Crippen LogP contribution in [0.4, 0.5) is 5.82 Å². The number of imidazole rings is 2. The molecule has 4 N–H and O–H groups in total. The Hall–Kier alpha value is -3.34. The number of carbonyl (C=O) groups is 1. The monoisotopic (exact) mass is 855 g/mol. The Labute approximate surface area is 328 Å². The van der Waals surface area contributed by atoms with Gasteiger partial charge in [0.2, 0.25) is 0 Å². The summed E-state index contributed by atoms with van der Waals surface area (Å²) in [6, 6.07) is -0.759. The number of esters is 1. The summed E-state index contributed by atoms with van der Waals surface area (Å²) < 4.78 is 81.2. The Bertz CT molecular complexity index is 2350. The number of anilines is 1. The molecule has 1 spiro atoms. The fraction of sp³-hybridized carbons (Fsp3) is 0.656. The topological polar surface area (TPSA) is 278 Å². The van der Waals surface area contributed by atoms with Crippen molar-refractivity contribution in [1.82, 2.24) is 39.0 Å². The molecule has 2 saturated carbocycles. The number of nitrogens with two attached hydrogens (primary N) is 1. The number of hydrogen-bond acceptors (Lipinski definition) is 20. The molecule has 4 fully saturated rings. The lowest BCUT2D eigenvalue weighted by molar-refractivity contribution is -0.150. The molecule has 2 saturated heterocycles. The largest absolute Gasteiger partial charge is 0.475 e. The first-order chi connectivity index (χ1) is 27.0. The molecule has 8 rings (SSSR count). The highest BCUT2D eigenvalue weighted by Gasteiger charge is 2.74. The van der Waals surface area contributed by atoms with E-state index < -0.39 is 98.2 Å². The average molecular weight is 856 g/mol. The number of methoxy groups -OCH3 is 1. The van der Waals surface area contributed by atoms with Gasteiger partial charge in [0, 0.05) is 23.9 Å². The van der Waals surface area contributed by atoms with E-state index in [1.807, 2.05) is 0 Å². The molecule has 0 unspecified atom stereocenters. The zero-order chi connectivity index (χ0) is 40.7. The van der Waals surface area contributed by atoms with E-state index in [1.54, 1.807) is 39.2 Å². The van der Waals surface area contributed by atoms with Crippen LogP contribution in [0.2, 0.25) is 0 Å². The first-order valence-corrected chi connectivity index (χ1v) is 22.7. The summed E-state index contributed by atoms with van der Waals surface area (Å²) in [5, 5.41) is 12.1. The van der Waals surface area contributed by atoms with Crippen molar-refractivity contribution in [3.8, 4) is 0 Å². The first-order valence-electron chi connectivity index (χ1n) is 18.1. The number of H-pyrrole nitrogens is 1. The Morgan fingerprint density at radius 3 is 2.61 bits per heavy atom. The molecule has 2 aliphatic carbocycles. The van der Waals surface area contributed by atoms with Crippen LogP contribution in [-0.2, 0) is 50.8 Å². The summed E-state index contributed by atoms with van der Waals surface area (Å²) in [5.74, 6) is -0.976. The van der Waals surface area contributed by atoms with Crippen LogP contribution in [0.25, 0.3) is 22.3 Å². The molecule has 0 amide bonds. The van der Waals surface area contributed by atoms with Gasteiger partial charge in [-0.05, 0) is 47.0 Å². The van der Waals surface area contributed by atoms with E-state index in [0.717, 1.165) is 0 Å². The Kier molecular flexibility index (Phi) is 10.5. The van der Waals surface area contributed by atoms with Gasteiger partial charge in [-0.3, -0.25) is 36.8 Å². The minimum absolute atomic E-state index is 0.00782. The number of phosphoric acid groups is 1. The number of ether oxygens (including phenoxy) is 3. The maximum absolute atomic E-state index is 15.0. The summed E-state index contributed by atoms with van der Waals surface area (Å²) in [6.45, 7) is 2.90. The highest BCUT2D eigenvalue weighted by atomic mass is 32.7. The van der Waals surface area contributed by atoms with Gasteiger partial charge in [0.15, 0.2) is 28.9 Å². The molecular formula is C32H43N9O13P2S. The van der Waals surface area contributed by atoms with Crippen molar-refractivity contribution in [3.63, 3.8) is 0 Å². The first kappa shape index (κ1) is 40.4. The van der Waals surface area contributed by atoms with E-state index in [0.29, 0.717) is 34.8 Å². The number of aliphatic hydroxyl groups is 1. The predicted octanol–water partition coefficient (Wildman–Crippen LogP) is 3.03. The number of phosphoric ester groups is 1. The number of nitrogens with one attached hydrogen (secondary N) is 1. The fourth-order valence-corrected chi connectivity index (χ4v) is 12.1. The third kappa shape index (κ3) is 7.13. The lowest BCUT2D eigenvalue weighted by Gasteiger charge is -2.32. The second-order valence-electron chi connectivity index (χ2n) is 15.3. The van der Waals surface area contributed by atoms with Crippen molar-refractivity contribution in [2.75, 3.05) is 38.6 Å². The van der Waals surface area contributed by atoms with E-state index >= 15 is 0 Å². The lowest BCUT2D eigenvalue weighted by Crippen LogP contribution is -2.38. The molecule has 4 aromatic rings. The molecule has 0 radical (unpaired) electrons. The number of carbonyl (C=O) groups excluding carboxylic acids is 1. The van der Waals surface area contributed by atoms with Crippen LogP contribution in [0, 0.1) is 23.7 Å². The van der Waals surface area contributed by atoms with Gasteiger partial charge >= 0.3 is 20.6 Å². The minimum Gasteiger partial charge on any atom is -0.454 e. The maximum Gasteiger partial charge on any atom is 0.475 e. The molecule has 22 nitrogen and oxygen atoms in total. The molecule has 6 heterocycles. The smallest absolute Gasteiger partial charge is 0.454 e. The van der Waals surface area contributed by atoms with Crippen molar-refractivity contribution >= 4 is 60.1 Å². The molecule has 2 aliphatic heterocycles. The van der Waals surface area contributed by atoms with Crippen LogP contribution < -0.4 is 11.3 Å². The van der Waals surface area contributed by atoms with Crippen LogP contribution in [-0.4, -0.2) is 114 Å². The number of aromatic nitrogens is 8. The number of aryl methyl sites for hydroxylation is 1. The van der Waals surface area contributed by atoms with Crippen LogP contribution in [0.1, 0.15) is 52.2 Å². The van der Waals surface area contributed by atoms with Gasteiger partial charge in [-0.15, -0.1) is 0 Å². The minimum atomic E-state index is -4.53. The molecule has 4 aromatic heterocycles. The highest BCUT2D eigenvalue weighted by Crippen LogP contribution is 2.74. The van der Waals surface area contributed by atoms with Gasteiger partial charge < -0.3 is 34.6 Å². The number of rotatable bonds is 8. The number of aliphatic hydroxyl groups excluding tert-OH is 1. The van der Waals surface area contributed by atoms with Crippen molar-refractivity contribution < 1.29 is 55.9 Å². The summed E-state index contributed by atoms with van der Waals surface area (Å²) in [5.41, 5.74) is 4.40. The van der Waals surface area contributed by atoms with Gasteiger partial charge in [-0.2, -0.15) is 0 Å². The van der Waals surface area contributed by atoms with Crippen LogP contribution in [0.3, 0.4) is 0 Å². The molecule has 310 valence electrons. The summed E-state index contributed by atoms with van der Waals surface area (Å²) >= 11 is 0.607. The standard InChI is InChI=1S/C32H43N9O13P2S/c1-7-49-55(45)51-10-32-8-16(32)20(40-12-36-18-25(33)34-11-35-26(18)40)21(42)24(32)54-56(46,57-14-48-30(44)31(3,4)5)50-9-17-22(47-6)23(53-55)29(52-17)41-13-37-19-27(41)38-15(2)39-28(19)43/h11-13,16-17,20-24,29,42H,7-10,14H2,1-6H3,(H2,33,34,35)(H,38,39,43)/t16-,17-,20-,21+,22-,23-,24+,29-,32-,55-,56-/m1/s1. The van der Waals surface area contributed by atoms with Crippen LogP contribution in [0.5, 0.6) is 0 Å². The molecule has 11 atom stereocenters. The average Bonchev–Trinajstić information content (AvgIpc) is 3.44. The normalized spacial score (nSPS) is 35.6. The quantitative estimate of drug-likeness (QED) is 0.130. The number of aromatic amines is 1. The second-order valence-corrected chi connectivity index (χ2v) is 20.9. The fourth-order valence-electron chi connectivity index (χ4n) is 7.81. The van der Waals surface area contributed by atoms with E-state index in [-0.39, 0.29) is 30.2 Å². The Morgan fingerprint density at radius 1 is 1.12 bits per heavy atom. The van der Waals surface area contributed by atoms with Crippen LogP contribution >= 0.6 is 26.0 Å². The number of nitrogens with zero attached hydrogens (tertiary/aromatic N) is 7. The van der Waals surface area contributed by atoms with Gasteiger partial charge in [0.05, 0.1) is 43.9 Å². The van der Waals surface area contributed by atoms with Crippen molar-refractivity contribution in [1.29, 1.82) is 0 Å². The maximum atomic E-state index is 15.0. The van der Waals surface area contributed by atoms with E-state index in [9.17, 15) is 23.8 Å². The Balaban J connectivity index is 1.19. The SMILES string of the molecule is CCO[P@]1(=O)OC[C@]23C[C@@H]2[C@@H](n2cnc4c(N)ncnc42)[C@H](O)[C@@H]3O[P@](=O)(SCOC(=O)C(C)(C)C)OC[C@H]2O[C@@H](n3cnc4c(=O)[nH]c(C)nc43)[C@H](O1)[C@@H]2OC. The third-order valence-electron chi connectivity index (χ3n) is 10.6. The lowest BCUT2D eigenvalue weighted by atomic mass is 9.98. The van der Waals surface area contributed by atoms with Gasteiger partial charge in [0.1, 0.15) is 54.1 Å². The van der Waals surface area contributed by atoms with E-state index in [4.69, 9.17) is 42.6 Å². The molecule has 2 bridgehead atoms. The zero-order valence-electron chi connectivity index (χ0n) is 31.7. The van der Waals surface area contributed by atoms with Gasteiger partial charge in [-0.25, -0.2) is 34.0 Å². The van der Waals surface area contributed by atoms with Crippen molar-refractivity contribution in [2.45, 2.75) is 83.8 Å². The van der Waals surface area contributed by atoms with Gasteiger partial charge in [-0.1, -0.05) is 0 Å². The summed E-state index contributed by atoms with van der Waals surface area (Å²) in [7, 11) is -3.16. The Morgan fingerprint density at radius 2 is 1.88 bits per heavy atom. The molecule has 25 heteroatoms. The molecule has 0 aromatic carbocycles. The van der Waals surface area contributed by atoms with Gasteiger partial charge in [0.25, 0.3) is 5.56 Å². The van der Waals surface area contributed by atoms with E-state index in [2.05, 4.69) is 29.9 Å². The van der Waals surface area contributed by atoms with Crippen molar-refractivity contribution in [3.05, 3.63) is 35.2 Å². The predicted molar refractivity (Wildman–Crippen MR) is 199 cm³/mol. The zero-order valence-corrected chi connectivity index (χ0v) is 34.3. The summed E-state index contributed by atoms with van der Waals surface area (Å²) in [6.07, 6.45) is -2.85. The second kappa shape index (κ2) is 14.7. The number of fused-ring (bicyclic) bond motifs is 4. The van der Waals surface area contributed by atoms with Crippen molar-refractivity contribution in [2.24, 2.45) is 16.7 Å². The molecule has 4 aliphatic rings. The van der Waals surface area contributed by atoms with E-state index in [1.165, 1.54) is 30.7 Å². The molecule has 57 heavy (non-hydrogen) atoms. The molecular weight excluding hydrogens is 812 g/mol. The third-order valence-corrected chi connectivity index (χ3v) is 15.4. The number of nitrogen functional groups attached to an aromatic ring is 1.